The van der Waals surface area contributed by atoms with Crippen LogP contribution < -0.4 is 0 Å². The fourth-order valence-corrected chi connectivity index (χ4v) is 3.34. The van der Waals surface area contributed by atoms with Crippen molar-refractivity contribution < 1.29 is 14.3 Å². The molecule has 4 aromatic rings. The van der Waals surface area contributed by atoms with Crippen LogP contribution in [0.1, 0.15) is 33.3 Å². The number of esters is 1. The maximum Gasteiger partial charge on any atom is 0.340 e. The van der Waals surface area contributed by atoms with Crippen molar-refractivity contribution in [1.29, 1.82) is 0 Å². The van der Waals surface area contributed by atoms with E-state index in [1.54, 1.807) is 60.2 Å². The number of hydrogen-bond donors (Lipinski definition) is 0. The maximum absolute atomic E-state index is 13.1. The Kier molecular flexibility index (Phi) is 5.14. The summed E-state index contributed by atoms with van der Waals surface area (Å²) in [6.45, 7) is 2.00. The summed E-state index contributed by atoms with van der Waals surface area (Å²) < 4.78 is 6.92. The smallest absolute Gasteiger partial charge is 0.340 e. The van der Waals surface area contributed by atoms with Gasteiger partial charge in [-0.1, -0.05) is 11.6 Å². The third kappa shape index (κ3) is 3.65. The predicted octanol–water partition coefficient (Wildman–Crippen LogP) is 5.06. The first kappa shape index (κ1) is 18.9. The second-order valence-corrected chi connectivity index (χ2v) is 6.84. The van der Waals surface area contributed by atoms with Gasteiger partial charge in [0.05, 0.1) is 23.4 Å². The molecule has 0 N–H and O–H groups in total. The molecule has 0 spiro atoms. The molecule has 0 fully saturated rings. The lowest BCUT2D eigenvalue weighted by atomic mass is 10.1. The molecule has 6 heteroatoms. The van der Waals surface area contributed by atoms with Crippen molar-refractivity contribution in [2.24, 2.45) is 0 Å². The van der Waals surface area contributed by atoms with Gasteiger partial charge in [0.1, 0.15) is 0 Å². The molecule has 0 saturated heterocycles. The van der Waals surface area contributed by atoms with Crippen molar-refractivity contribution in [3.63, 3.8) is 0 Å². The molecule has 0 bridgehead atoms. The molecule has 0 saturated carbocycles. The van der Waals surface area contributed by atoms with Crippen LogP contribution in [-0.4, -0.2) is 27.7 Å². The lowest BCUT2D eigenvalue weighted by molar-refractivity contribution is 0.0529. The monoisotopic (exact) mass is 404 g/mol. The molecular formula is C23H17ClN2O3. The molecule has 3 heterocycles. The zero-order valence-corrected chi connectivity index (χ0v) is 16.4. The highest BCUT2D eigenvalue weighted by molar-refractivity contribution is 6.30. The van der Waals surface area contributed by atoms with Gasteiger partial charge in [-0.05, 0) is 72.6 Å². The van der Waals surface area contributed by atoms with Gasteiger partial charge in [-0.15, -0.1) is 0 Å². The Morgan fingerprint density at radius 3 is 2.41 bits per heavy atom. The Morgan fingerprint density at radius 2 is 1.72 bits per heavy atom. The number of hydrogen-bond acceptors (Lipinski definition) is 4. The zero-order chi connectivity index (χ0) is 20.4. The Bertz CT molecular complexity index is 1200. The van der Waals surface area contributed by atoms with E-state index in [4.69, 9.17) is 16.3 Å². The number of halogens is 1. The van der Waals surface area contributed by atoms with E-state index < -0.39 is 5.97 Å². The third-order valence-electron chi connectivity index (χ3n) is 4.62. The van der Waals surface area contributed by atoms with Gasteiger partial charge in [0, 0.05) is 29.2 Å². The number of pyridine rings is 2. The molecule has 0 aliphatic rings. The Balaban J connectivity index is 1.88. The molecular weight excluding hydrogens is 388 g/mol. The molecule has 0 aliphatic carbocycles. The minimum absolute atomic E-state index is 0.205. The van der Waals surface area contributed by atoms with E-state index in [9.17, 15) is 9.59 Å². The van der Waals surface area contributed by atoms with E-state index in [0.717, 1.165) is 11.1 Å². The number of carbonyl (C=O) groups excluding carboxylic acids is 2. The first-order chi connectivity index (χ1) is 14.1. The lowest BCUT2D eigenvalue weighted by Crippen LogP contribution is -2.04. The number of fused-ring (bicyclic) bond motifs is 1. The summed E-state index contributed by atoms with van der Waals surface area (Å²) in [6, 6.07) is 15.8. The summed E-state index contributed by atoms with van der Waals surface area (Å²) in [7, 11) is 0. The number of nitrogens with zero attached hydrogens (tertiary/aromatic N) is 2. The second kappa shape index (κ2) is 7.89. The van der Waals surface area contributed by atoms with E-state index in [2.05, 4.69) is 4.98 Å². The van der Waals surface area contributed by atoms with Crippen LogP contribution in [0.5, 0.6) is 0 Å². The molecule has 1 aromatic carbocycles. The minimum atomic E-state index is -0.466. The highest BCUT2D eigenvalue weighted by Gasteiger charge is 2.22. The molecule has 29 heavy (non-hydrogen) atoms. The van der Waals surface area contributed by atoms with Crippen molar-refractivity contribution in [1.82, 2.24) is 9.38 Å². The van der Waals surface area contributed by atoms with E-state index in [0.29, 0.717) is 27.4 Å². The molecule has 3 aromatic heterocycles. The van der Waals surface area contributed by atoms with Crippen LogP contribution in [0.3, 0.4) is 0 Å². The zero-order valence-electron chi connectivity index (χ0n) is 15.6. The lowest BCUT2D eigenvalue weighted by Gasteiger charge is -2.06. The molecule has 5 nitrogen and oxygen atoms in total. The molecule has 0 amide bonds. The minimum Gasteiger partial charge on any atom is -0.462 e. The van der Waals surface area contributed by atoms with Gasteiger partial charge in [-0.3, -0.25) is 9.78 Å². The van der Waals surface area contributed by atoms with Crippen LogP contribution >= 0.6 is 11.6 Å². The van der Waals surface area contributed by atoms with Crippen LogP contribution in [0.25, 0.3) is 16.6 Å². The predicted molar refractivity (Wildman–Crippen MR) is 111 cm³/mol. The van der Waals surface area contributed by atoms with E-state index in [-0.39, 0.29) is 12.4 Å². The topological polar surface area (TPSA) is 60.7 Å². The van der Waals surface area contributed by atoms with Crippen LogP contribution in [0.4, 0.5) is 0 Å². The van der Waals surface area contributed by atoms with Crippen LogP contribution in [0, 0.1) is 0 Å². The average Bonchev–Trinajstić information content (AvgIpc) is 3.13. The van der Waals surface area contributed by atoms with Crippen molar-refractivity contribution in [2.45, 2.75) is 6.92 Å². The summed E-state index contributed by atoms with van der Waals surface area (Å²) >= 11 is 5.93. The average molecular weight is 405 g/mol. The van der Waals surface area contributed by atoms with Crippen LogP contribution in [-0.2, 0) is 4.74 Å². The number of ketones is 1. The van der Waals surface area contributed by atoms with E-state index >= 15 is 0 Å². The van der Waals surface area contributed by atoms with Crippen molar-refractivity contribution in [3.05, 3.63) is 95.0 Å². The number of ether oxygens (including phenoxy) is 1. The van der Waals surface area contributed by atoms with Gasteiger partial charge in [-0.25, -0.2) is 4.79 Å². The fourth-order valence-electron chi connectivity index (χ4n) is 3.22. The summed E-state index contributed by atoms with van der Waals surface area (Å²) in [5, 5.41) is 0.552. The molecule has 144 valence electrons. The first-order valence-corrected chi connectivity index (χ1v) is 9.49. The highest BCUT2D eigenvalue weighted by atomic mass is 35.5. The quantitative estimate of drug-likeness (QED) is 0.344. The standard InChI is InChI=1S/C23H17ClN2O3/c1-2-29-23(28)19-14-21(22(27)16-3-5-18(24)6-4-16)26-12-9-17(13-20(19)26)15-7-10-25-11-8-15/h3-14H,2H2,1H3. The highest BCUT2D eigenvalue weighted by Crippen LogP contribution is 2.26. The van der Waals surface area contributed by atoms with E-state index in [1.807, 2.05) is 24.3 Å². The van der Waals surface area contributed by atoms with Gasteiger partial charge in [0.25, 0.3) is 0 Å². The summed E-state index contributed by atoms with van der Waals surface area (Å²) in [6.07, 6.45) is 5.20. The van der Waals surface area contributed by atoms with Crippen molar-refractivity contribution in [2.75, 3.05) is 6.61 Å². The molecule has 0 unspecified atom stereocenters. The third-order valence-corrected chi connectivity index (χ3v) is 4.87. The maximum atomic E-state index is 13.1. The van der Waals surface area contributed by atoms with Crippen LogP contribution in [0.2, 0.25) is 5.02 Å². The molecule has 0 aliphatic heterocycles. The van der Waals surface area contributed by atoms with Gasteiger partial charge >= 0.3 is 5.97 Å². The number of aromatic nitrogens is 2. The summed E-state index contributed by atoms with van der Waals surface area (Å²) in [5.74, 6) is -0.670. The SMILES string of the molecule is CCOC(=O)c1cc(C(=O)c2ccc(Cl)cc2)n2ccc(-c3ccncc3)cc12. The molecule has 0 radical (unpaired) electrons. The molecule has 0 atom stereocenters. The number of carbonyl (C=O) groups is 2. The Hall–Kier alpha value is -3.44. The fraction of sp³-hybridized carbons (Fsp3) is 0.0870. The number of benzene rings is 1. The first-order valence-electron chi connectivity index (χ1n) is 9.11. The summed E-state index contributed by atoms with van der Waals surface area (Å²) in [4.78, 5) is 29.7. The van der Waals surface area contributed by atoms with Gasteiger partial charge in [0.2, 0.25) is 5.78 Å². The van der Waals surface area contributed by atoms with Gasteiger partial charge < -0.3 is 9.14 Å². The van der Waals surface area contributed by atoms with E-state index in [1.165, 1.54) is 0 Å². The normalized spacial score (nSPS) is 10.8. The van der Waals surface area contributed by atoms with Gasteiger partial charge in [0.15, 0.2) is 0 Å². The van der Waals surface area contributed by atoms with Crippen molar-refractivity contribution >= 4 is 28.9 Å². The second-order valence-electron chi connectivity index (χ2n) is 6.41. The van der Waals surface area contributed by atoms with Crippen molar-refractivity contribution in [3.8, 4) is 11.1 Å². The Labute approximate surface area is 172 Å². The number of rotatable bonds is 5. The molecule has 4 rings (SSSR count). The Morgan fingerprint density at radius 1 is 1.00 bits per heavy atom. The van der Waals surface area contributed by atoms with Gasteiger partial charge in [-0.2, -0.15) is 0 Å². The summed E-state index contributed by atoms with van der Waals surface area (Å²) in [5.41, 5.74) is 3.70. The largest absolute Gasteiger partial charge is 0.462 e. The van der Waals surface area contributed by atoms with Crippen LogP contribution in [0.15, 0.2) is 73.2 Å².